The van der Waals surface area contributed by atoms with E-state index in [0.29, 0.717) is 5.82 Å². The van der Waals surface area contributed by atoms with E-state index in [4.69, 9.17) is 5.73 Å². The van der Waals surface area contributed by atoms with E-state index >= 15 is 0 Å². The van der Waals surface area contributed by atoms with Crippen molar-refractivity contribution in [2.24, 2.45) is 0 Å². The molecule has 0 saturated carbocycles. The lowest BCUT2D eigenvalue weighted by Crippen LogP contribution is -2.09. The van der Waals surface area contributed by atoms with Crippen LogP contribution in [0.1, 0.15) is 5.69 Å². The van der Waals surface area contributed by atoms with Gasteiger partial charge in [0.05, 0.1) is 0 Å². The Morgan fingerprint density at radius 3 is 2.64 bits per heavy atom. The highest BCUT2D eigenvalue weighted by molar-refractivity contribution is 5.39. The molecule has 2 aromatic heterocycles. The first-order chi connectivity index (χ1) is 6.74. The second-order valence-electron chi connectivity index (χ2n) is 2.95. The minimum atomic E-state index is 0.277. The molecule has 72 valence electrons. The zero-order valence-corrected chi connectivity index (χ0v) is 7.81. The summed E-state index contributed by atoms with van der Waals surface area (Å²) in [5.41, 5.74) is 9.41. The molecule has 0 amide bonds. The third kappa shape index (κ3) is 1.82. The largest absolute Gasteiger partial charge is 0.368 e. The van der Waals surface area contributed by atoms with Gasteiger partial charge >= 0.3 is 0 Å². The molecule has 0 saturated heterocycles. The number of aromatic nitrogens is 3. The minimum Gasteiger partial charge on any atom is -0.368 e. The molecule has 0 unspecified atom stereocenters. The number of hydrogen-bond donors (Lipinski definition) is 2. The van der Waals surface area contributed by atoms with Crippen molar-refractivity contribution in [1.82, 2.24) is 14.6 Å². The second kappa shape index (κ2) is 3.37. The van der Waals surface area contributed by atoms with Crippen molar-refractivity contribution in [3.63, 3.8) is 0 Å². The third-order valence-electron chi connectivity index (χ3n) is 1.72. The van der Waals surface area contributed by atoms with Crippen LogP contribution in [-0.4, -0.2) is 14.6 Å². The summed E-state index contributed by atoms with van der Waals surface area (Å²) in [5.74, 6) is 0.964. The van der Waals surface area contributed by atoms with Crippen molar-refractivity contribution in [2.45, 2.75) is 6.92 Å². The van der Waals surface area contributed by atoms with Crippen molar-refractivity contribution in [3.05, 3.63) is 36.3 Å². The molecule has 0 aliphatic rings. The normalized spacial score (nSPS) is 10.1. The maximum absolute atomic E-state index is 5.52. The van der Waals surface area contributed by atoms with Crippen LogP contribution in [0.25, 0.3) is 0 Å². The lowest BCUT2D eigenvalue weighted by Gasteiger charge is -2.07. The summed E-state index contributed by atoms with van der Waals surface area (Å²) < 4.78 is 1.79. The molecule has 0 fully saturated rings. The van der Waals surface area contributed by atoms with Crippen molar-refractivity contribution in [1.29, 1.82) is 0 Å². The number of aryl methyl sites for hydroxylation is 1. The van der Waals surface area contributed by atoms with Gasteiger partial charge in [0, 0.05) is 24.2 Å². The molecular formula is C9H11N5. The maximum Gasteiger partial charge on any atom is 0.222 e. The zero-order valence-electron chi connectivity index (χ0n) is 7.81. The molecule has 3 N–H and O–H groups in total. The summed E-state index contributed by atoms with van der Waals surface area (Å²) in [6, 6.07) is 5.67. The van der Waals surface area contributed by atoms with Crippen LogP contribution in [0.5, 0.6) is 0 Å². The van der Waals surface area contributed by atoms with Gasteiger partial charge in [-0.25, -0.2) is 4.98 Å². The Labute approximate surface area is 81.6 Å². The van der Waals surface area contributed by atoms with Gasteiger partial charge in [-0.15, -0.1) is 0 Å². The van der Waals surface area contributed by atoms with Gasteiger partial charge < -0.3 is 5.73 Å². The van der Waals surface area contributed by atoms with Crippen molar-refractivity contribution in [2.75, 3.05) is 11.2 Å². The topological polar surface area (TPSA) is 68.8 Å². The number of hydrogen-bond acceptors (Lipinski definition) is 4. The highest BCUT2D eigenvalue weighted by atomic mass is 15.4. The molecule has 14 heavy (non-hydrogen) atoms. The molecular weight excluding hydrogens is 178 g/mol. The number of nitrogen functional groups attached to an aromatic ring is 1. The maximum atomic E-state index is 5.52. The summed E-state index contributed by atoms with van der Waals surface area (Å²) in [6.07, 6.45) is 3.77. The van der Waals surface area contributed by atoms with E-state index in [0.717, 1.165) is 5.69 Å². The monoisotopic (exact) mass is 189 g/mol. The molecule has 0 spiro atoms. The Bertz CT molecular complexity index is 401. The predicted molar refractivity (Wildman–Crippen MR) is 54.6 cm³/mol. The zero-order chi connectivity index (χ0) is 9.97. The summed E-state index contributed by atoms with van der Waals surface area (Å²) in [7, 11) is 0. The SMILES string of the molecule is Cc1cc(Nn2cccc2)nc(N)n1. The highest BCUT2D eigenvalue weighted by Crippen LogP contribution is 2.07. The fourth-order valence-electron chi connectivity index (χ4n) is 1.19. The Balaban J connectivity index is 2.25. The van der Waals surface area contributed by atoms with E-state index < -0.39 is 0 Å². The van der Waals surface area contributed by atoms with E-state index in [1.54, 1.807) is 4.68 Å². The van der Waals surface area contributed by atoms with Crippen LogP contribution in [0.3, 0.4) is 0 Å². The number of nitrogens with one attached hydrogen (secondary N) is 1. The lowest BCUT2D eigenvalue weighted by atomic mass is 10.4. The van der Waals surface area contributed by atoms with Gasteiger partial charge in [-0.3, -0.25) is 10.1 Å². The molecule has 0 aliphatic carbocycles. The van der Waals surface area contributed by atoms with Gasteiger partial charge in [0.2, 0.25) is 5.95 Å². The van der Waals surface area contributed by atoms with Crippen molar-refractivity contribution >= 4 is 11.8 Å². The summed E-state index contributed by atoms with van der Waals surface area (Å²) >= 11 is 0. The predicted octanol–water partition coefficient (Wildman–Crippen LogP) is 1.04. The van der Waals surface area contributed by atoms with Gasteiger partial charge in [-0.2, -0.15) is 4.98 Å². The minimum absolute atomic E-state index is 0.277. The van der Waals surface area contributed by atoms with Gasteiger partial charge in [-0.1, -0.05) is 0 Å². The molecule has 0 radical (unpaired) electrons. The lowest BCUT2D eigenvalue weighted by molar-refractivity contribution is 0.944. The average molecular weight is 189 g/mol. The summed E-state index contributed by atoms with van der Waals surface area (Å²) in [4.78, 5) is 8.02. The summed E-state index contributed by atoms with van der Waals surface area (Å²) in [5, 5.41) is 0. The number of rotatable bonds is 2. The Morgan fingerprint density at radius 1 is 1.29 bits per heavy atom. The smallest absolute Gasteiger partial charge is 0.222 e. The third-order valence-corrected chi connectivity index (χ3v) is 1.72. The molecule has 2 heterocycles. The van der Waals surface area contributed by atoms with Crippen LogP contribution in [0, 0.1) is 6.92 Å². The van der Waals surface area contributed by atoms with Crippen LogP contribution in [0.2, 0.25) is 0 Å². The van der Waals surface area contributed by atoms with Gasteiger partial charge in [-0.05, 0) is 19.1 Å². The van der Waals surface area contributed by atoms with Gasteiger partial charge in [0.25, 0.3) is 0 Å². The van der Waals surface area contributed by atoms with E-state index in [1.807, 2.05) is 37.5 Å². The van der Waals surface area contributed by atoms with E-state index in [1.165, 1.54) is 0 Å². The van der Waals surface area contributed by atoms with Crippen LogP contribution in [0.15, 0.2) is 30.6 Å². The van der Waals surface area contributed by atoms with Crippen LogP contribution < -0.4 is 11.2 Å². The first kappa shape index (κ1) is 8.55. The molecule has 5 nitrogen and oxygen atoms in total. The van der Waals surface area contributed by atoms with E-state index in [-0.39, 0.29) is 5.95 Å². The van der Waals surface area contributed by atoms with Crippen molar-refractivity contribution in [3.8, 4) is 0 Å². The highest BCUT2D eigenvalue weighted by Gasteiger charge is 1.98. The molecule has 2 aromatic rings. The Morgan fingerprint density at radius 2 is 2.00 bits per heavy atom. The van der Waals surface area contributed by atoms with Crippen molar-refractivity contribution < 1.29 is 0 Å². The van der Waals surface area contributed by atoms with Gasteiger partial charge in [0.15, 0.2) is 5.82 Å². The number of nitrogens with zero attached hydrogens (tertiary/aromatic N) is 3. The first-order valence-corrected chi connectivity index (χ1v) is 4.25. The molecule has 0 aliphatic heterocycles. The quantitative estimate of drug-likeness (QED) is 0.740. The van der Waals surface area contributed by atoms with Crippen LogP contribution in [0.4, 0.5) is 11.8 Å². The standard InChI is InChI=1S/C9H11N5/c1-7-6-8(12-9(10)11-7)13-14-4-2-3-5-14/h2-6H,1H3,(H3,10,11,12,13). The number of anilines is 2. The van der Waals surface area contributed by atoms with Crippen LogP contribution in [-0.2, 0) is 0 Å². The average Bonchev–Trinajstić information content (AvgIpc) is 2.54. The Kier molecular flexibility index (Phi) is 2.06. The fraction of sp³-hybridized carbons (Fsp3) is 0.111. The molecule has 0 atom stereocenters. The Hall–Kier alpha value is -2.04. The second-order valence-corrected chi connectivity index (χ2v) is 2.95. The van der Waals surface area contributed by atoms with E-state index in [2.05, 4.69) is 15.4 Å². The number of nitrogens with two attached hydrogens (primary N) is 1. The van der Waals surface area contributed by atoms with E-state index in [9.17, 15) is 0 Å². The molecule has 0 aromatic carbocycles. The molecule has 2 rings (SSSR count). The molecule has 0 bridgehead atoms. The first-order valence-electron chi connectivity index (χ1n) is 4.25. The fourth-order valence-corrected chi connectivity index (χ4v) is 1.19. The van der Waals surface area contributed by atoms with Crippen LogP contribution >= 0.6 is 0 Å². The molecule has 5 heteroatoms. The van der Waals surface area contributed by atoms with Gasteiger partial charge in [0.1, 0.15) is 0 Å². The summed E-state index contributed by atoms with van der Waals surface area (Å²) in [6.45, 7) is 1.87.